The summed E-state index contributed by atoms with van der Waals surface area (Å²) < 4.78 is 19.5. The van der Waals surface area contributed by atoms with E-state index in [-0.39, 0.29) is 45.8 Å². The summed E-state index contributed by atoms with van der Waals surface area (Å²) in [5, 5.41) is 23.5. The molecule has 6 fully saturated rings. The summed E-state index contributed by atoms with van der Waals surface area (Å²) in [4.78, 5) is 12.0. The van der Waals surface area contributed by atoms with Crippen LogP contribution in [0.4, 0.5) is 0 Å². The summed E-state index contributed by atoms with van der Waals surface area (Å²) in [5.41, 5.74) is 0.226. The molecule has 6 heteroatoms. The maximum atomic E-state index is 12.6. The number of carbonyl (C=O) groups is 1. The summed E-state index contributed by atoms with van der Waals surface area (Å²) in [7, 11) is 0. The van der Waals surface area contributed by atoms with Gasteiger partial charge in [-0.15, -0.1) is 0 Å². The normalized spacial score (nSPS) is 57.5. The molecular weight excluding hydrogens is 480 g/mol. The first kappa shape index (κ1) is 26.0. The minimum Gasteiger partial charge on any atom is -0.457 e. The lowest BCUT2D eigenvalue weighted by molar-refractivity contribution is -0.280. The number of aliphatic hydroxyl groups is 2. The Morgan fingerprint density at radius 1 is 1.11 bits per heavy atom. The summed E-state index contributed by atoms with van der Waals surface area (Å²) in [6.45, 7) is 16.8. The van der Waals surface area contributed by atoms with E-state index < -0.39 is 29.0 Å². The first-order valence-electron chi connectivity index (χ1n) is 15.2. The van der Waals surface area contributed by atoms with Crippen molar-refractivity contribution in [2.75, 3.05) is 0 Å². The van der Waals surface area contributed by atoms with Crippen molar-refractivity contribution in [1.29, 1.82) is 0 Å². The second-order valence-electron chi connectivity index (χ2n) is 16.0. The van der Waals surface area contributed by atoms with Crippen molar-refractivity contribution in [3.63, 3.8) is 0 Å². The van der Waals surface area contributed by atoms with Gasteiger partial charge in [0, 0.05) is 18.3 Å². The molecule has 12 atom stereocenters. The summed E-state index contributed by atoms with van der Waals surface area (Å²) in [5.74, 6) is -0.576. The third-order valence-electron chi connectivity index (χ3n) is 13.9. The zero-order valence-electron chi connectivity index (χ0n) is 24.6. The molecule has 0 aromatic rings. The van der Waals surface area contributed by atoms with Gasteiger partial charge in [-0.1, -0.05) is 46.3 Å². The first-order chi connectivity index (χ1) is 17.5. The van der Waals surface area contributed by atoms with Gasteiger partial charge in [0.15, 0.2) is 5.79 Å². The van der Waals surface area contributed by atoms with Crippen LogP contribution >= 0.6 is 0 Å². The molecular formula is C32H48O6. The Kier molecular flexibility index (Phi) is 4.85. The first-order valence-corrected chi connectivity index (χ1v) is 15.2. The van der Waals surface area contributed by atoms with Crippen molar-refractivity contribution >= 4 is 5.97 Å². The smallest absolute Gasteiger partial charge is 0.303 e. The van der Waals surface area contributed by atoms with Gasteiger partial charge in [-0.3, -0.25) is 4.79 Å². The van der Waals surface area contributed by atoms with Gasteiger partial charge in [-0.25, -0.2) is 0 Å². The second-order valence-corrected chi connectivity index (χ2v) is 16.0. The number of hydrogen-bond donors (Lipinski definition) is 2. The highest BCUT2D eigenvalue weighted by Gasteiger charge is 2.86. The van der Waals surface area contributed by atoms with E-state index in [9.17, 15) is 15.0 Å². The molecule has 5 aliphatic carbocycles. The summed E-state index contributed by atoms with van der Waals surface area (Å²) in [6.07, 6.45) is 7.94. The van der Waals surface area contributed by atoms with E-state index in [1.165, 1.54) is 18.9 Å². The number of fused-ring (bicyclic) bond motifs is 4. The molecule has 0 amide bonds. The van der Waals surface area contributed by atoms with Crippen molar-refractivity contribution in [1.82, 2.24) is 0 Å². The Morgan fingerprint density at radius 2 is 1.82 bits per heavy atom. The number of aliphatic hydroxyl groups excluding tert-OH is 2. The van der Waals surface area contributed by atoms with Crippen molar-refractivity contribution in [2.24, 2.45) is 44.8 Å². The highest BCUT2D eigenvalue weighted by Crippen LogP contribution is 2.89. The molecule has 0 aromatic carbocycles. The van der Waals surface area contributed by atoms with E-state index in [0.29, 0.717) is 11.8 Å². The van der Waals surface area contributed by atoms with Gasteiger partial charge in [0.2, 0.25) is 0 Å². The molecule has 4 saturated carbocycles. The van der Waals surface area contributed by atoms with Crippen LogP contribution in [0.5, 0.6) is 0 Å². The van der Waals surface area contributed by atoms with E-state index in [0.717, 1.165) is 38.5 Å². The molecule has 0 aromatic heterocycles. The SMILES string of the molecule is CC(=O)OC(C)(C)C1OC23OC1CC(C)C2C1(C)CCC24CC25CCC(O)C(C)(C)C5CC=C4C1(C)C3O. The van der Waals surface area contributed by atoms with Crippen LogP contribution < -0.4 is 0 Å². The Labute approximate surface area is 227 Å². The van der Waals surface area contributed by atoms with Gasteiger partial charge in [0.05, 0.1) is 12.2 Å². The van der Waals surface area contributed by atoms with E-state index in [1.807, 2.05) is 13.8 Å². The highest BCUT2D eigenvalue weighted by atomic mass is 16.8. The van der Waals surface area contributed by atoms with Crippen LogP contribution in [0.1, 0.15) is 100 Å². The minimum atomic E-state index is -1.10. The largest absolute Gasteiger partial charge is 0.457 e. The Balaban J connectivity index is 1.33. The maximum Gasteiger partial charge on any atom is 0.303 e. The number of rotatable bonds is 2. The van der Waals surface area contributed by atoms with Gasteiger partial charge in [0.1, 0.15) is 17.8 Å². The molecule has 0 radical (unpaired) electrons. The third-order valence-corrected chi connectivity index (χ3v) is 13.9. The van der Waals surface area contributed by atoms with Crippen molar-refractivity contribution in [2.45, 2.75) is 136 Å². The monoisotopic (exact) mass is 528 g/mol. The van der Waals surface area contributed by atoms with Crippen molar-refractivity contribution in [3.05, 3.63) is 11.6 Å². The molecule has 7 rings (SSSR count). The number of ether oxygens (including phenoxy) is 3. The quantitative estimate of drug-likeness (QED) is 0.381. The standard InChI is InChI=1S/C32H48O6/c1-17-15-19-24(27(5,6)36-18(2)33)38-32(37-19)23(17)28(7)13-14-31-16-30(31)12-11-22(34)26(3,4)20(30)9-10-21(31)29(28,8)25(32)35/h10,17,19-20,22-25,34-35H,9,11-16H2,1-8H3. The van der Waals surface area contributed by atoms with Crippen LogP contribution in [-0.4, -0.2) is 52.0 Å². The van der Waals surface area contributed by atoms with Gasteiger partial charge in [0.25, 0.3) is 0 Å². The van der Waals surface area contributed by atoms with Gasteiger partial charge < -0.3 is 24.4 Å². The van der Waals surface area contributed by atoms with Crippen molar-refractivity contribution in [3.8, 4) is 0 Å². The number of hydrogen-bond acceptors (Lipinski definition) is 6. The predicted molar refractivity (Wildman–Crippen MR) is 142 cm³/mol. The molecule has 7 aliphatic rings. The van der Waals surface area contributed by atoms with Crippen LogP contribution in [0.2, 0.25) is 0 Å². The lowest BCUT2D eigenvalue weighted by atomic mass is 9.44. The summed E-state index contributed by atoms with van der Waals surface area (Å²) in [6, 6.07) is 0. The lowest BCUT2D eigenvalue weighted by Gasteiger charge is -2.59. The Hall–Kier alpha value is -0.950. The molecule has 12 unspecified atom stereocenters. The molecule has 38 heavy (non-hydrogen) atoms. The van der Waals surface area contributed by atoms with Gasteiger partial charge in [-0.2, -0.15) is 0 Å². The van der Waals surface area contributed by atoms with E-state index in [2.05, 4.69) is 40.7 Å². The lowest BCUT2D eigenvalue weighted by Crippen LogP contribution is -2.55. The highest BCUT2D eigenvalue weighted by molar-refractivity contribution is 5.66. The van der Waals surface area contributed by atoms with Crippen LogP contribution in [0.25, 0.3) is 0 Å². The molecule has 2 N–H and O–H groups in total. The third kappa shape index (κ3) is 2.56. The molecule has 2 heterocycles. The number of allylic oxidation sites excluding steroid dienone is 1. The average molecular weight is 529 g/mol. The number of carbonyl (C=O) groups excluding carboxylic acids is 1. The minimum absolute atomic E-state index is 0.0553. The maximum absolute atomic E-state index is 12.6. The Bertz CT molecular complexity index is 1130. The topological polar surface area (TPSA) is 85.2 Å². The molecule has 212 valence electrons. The molecule has 2 saturated heterocycles. The zero-order valence-corrected chi connectivity index (χ0v) is 24.6. The van der Waals surface area contributed by atoms with Crippen LogP contribution in [0.3, 0.4) is 0 Å². The van der Waals surface area contributed by atoms with Gasteiger partial charge >= 0.3 is 5.97 Å². The van der Waals surface area contributed by atoms with Crippen molar-refractivity contribution < 1.29 is 29.2 Å². The second kappa shape index (κ2) is 7.09. The fourth-order valence-electron chi connectivity index (χ4n) is 12.3. The molecule has 3 spiro atoms. The fraction of sp³-hybridized carbons (Fsp3) is 0.906. The molecule has 2 aliphatic heterocycles. The fourth-order valence-corrected chi connectivity index (χ4v) is 12.3. The van der Waals surface area contributed by atoms with E-state index in [4.69, 9.17) is 14.2 Å². The van der Waals surface area contributed by atoms with Crippen LogP contribution in [-0.2, 0) is 19.0 Å². The zero-order chi connectivity index (χ0) is 27.5. The summed E-state index contributed by atoms with van der Waals surface area (Å²) >= 11 is 0. The van der Waals surface area contributed by atoms with E-state index >= 15 is 0 Å². The van der Waals surface area contributed by atoms with E-state index in [1.54, 1.807) is 0 Å². The Morgan fingerprint density at radius 3 is 2.50 bits per heavy atom. The van der Waals surface area contributed by atoms with Gasteiger partial charge in [-0.05, 0) is 92.3 Å². The van der Waals surface area contributed by atoms with Crippen LogP contribution in [0.15, 0.2) is 11.6 Å². The number of esters is 1. The average Bonchev–Trinajstić information content (AvgIpc) is 3.33. The van der Waals surface area contributed by atoms with Crippen LogP contribution in [0, 0.1) is 44.8 Å². The molecule has 6 nitrogen and oxygen atoms in total. The molecule has 2 bridgehead atoms. The predicted octanol–water partition coefficient (Wildman–Crippen LogP) is 5.15.